The van der Waals surface area contributed by atoms with Crippen LogP contribution >= 0.6 is 11.8 Å². The van der Waals surface area contributed by atoms with E-state index in [9.17, 15) is 5.11 Å². The Bertz CT molecular complexity index is 392. The lowest BCUT2D eigenvalue weighted by atomic mass is 10.2. The summed E-state index contributed by atoms with van der Waals surface area (Å²) in [6.45, 7) is 6.36. The lowest BCUT2D eigenvalue weighted by Gasteiger charge is -2.15. The van der Waals surface area contributed by atoms with E-state index in [2.05, 4.69) is 30.9 Å². The summed E-state index contributed by atoms with van der Waals surface area (Å²) in [4.78, 5) is 4.17. The van der Waals surface area contributed by atoms with Gasteiger partial charge in [0.15, 0.2) is 5.82 Å². The fourth-order valence-electron chi connectivity index (χ4n) is 1.09. The molecule has 17 heavy (non-hydrogen) atoms. The van der Waals surface area contributed by atoms with Crippen LogP contribution in [-0.4, -0.2) is 26.1 Å². The summed E-state index contributed by atoms with van der Waals surface area (Å²) < 4.78 is 5.16. The molecule has 0 aliphatic carbocycles. The number of aliphatic hydroxyl groups excluding tert-OH is 1. The van der Waals surface area contributed by atoms with Crippen molar-refractivity contribution in [2.75, 3.05) is 0 Å². The minimum atomic E-state index is -0.733. The molecule has 0 aliphatic heterocycles. The van der Waals surface area contributed by atoms with Gasteiger partial charge in [0.05, 0.1) is 30.8 Å². The first kappa shape index (κ1) is 14.0. The number of nitriles is 1. The summed E-state index contributed by atoms with van der Waals surface area (Å²) >= 11 is 1.73. The molecule has 0 aromatic carbocycles. The molecule has 1 aromatic heterocycles. The molecule has 0 saturated heterocycles. The first-order valence-electron chi connectivity index (χ1n) is 5.41. The van der Waals surface area contributed by atoms with E-state index in [1.165, 1.54) is 0 Å². The summed E-state index contributed by atoms with van der Waals surface area (Å²) in [5, 5.41) is 21.7. The summed E-state index contributed by atoms with van der Waals surface area (Å²) in [5.74, 6) is 1.70. The molecular formula is C11H17N3O2S. The van der Waals surface area contributed by atoms with Crippen LogP contribution in [0.3, 0.4) is 0 Å². The number of thioether (sulfide) groups is 1. The summed E-state index contributed by atoms with van der Waals surface area (Å²) in [6, 6.07) is 1.90. The maximum absolute atomic E-state index is 9.42. The Kier molecular flexibility index (Phi) is 4.97. The highest BCUT2D eigenvalue weighted by molar-refractivity contribution is 7.99. The molecule has 1 rings (SSSR count). The molecule has 1 N–H and O–H groups in total. The van der Waals surface area contributed by atoms with Gasteiger partial charge in [-0.3, -0.25) is 0 Å². The average Bonchev–Trinajstić information content (AvgIpc) is 2.62. The zero-order valence-electron chi connectivity index (χ0n) is 10.3. The monoisotopic (exact) mass is 255 g/mol. The van der Waals surface area contributed by atoms with Crippen molar-refractivity contribution >= 4 is 11.8 Å². The Labute approximate surface area is 105 Å². The molecule has 94 valence electrons. The fourth-order valence-corrected chi connectivity index (χ4v) is 1.77. The number of hydrogen-bond acceptors (Lipinski definition) is 6. The molecule has 1 aromatic rings. The van der Waals surface area contributed by atoms with Gasteiger partial charge in [-0.15, -0.1) is 11.8 Å². The molecule has 0 saturated carbocycles. The third-order valence-corrected chi connectivity index (χ3v) is 3.15. The van der Waals surface area contributed by atoms with Crippen molar-refractivity contribution in [1.82, 2.24) is 10.1 Å². The summed E-state index contributed by atoms with van der Waals surface area (Å²) in [5.41, 5.74) is 0. The van der Waals surface area contributed by atoms with Crippen LogP contribution in [-0.2, 0) is 12.2 Å². The van der Waals surface area contributed by atoms with E-state index in [1.807, 2.05) is 6.07 Å². The van der Waals surface area contributed by atoms with Gasteiger partial charge in [0, 0.05) is 4.75 Å². The van der Waals surface area contributed by atoms with Crippen LogP contribution in [0.5, 0.6) is 0 Å². The zero-order chi connectivity index (χ0) is 12.9. The van der Waals surface area contributed by atoms with Crippen LogP contribution in [0.15, 0.2) is 4.52 Å². The maximum atomic E-state index is 9.42. The second kappa shape index (κ2) is 6.03. The normalized spacial score (nSPS) is 13.4. The third-order valence-electron chi connectivity index (χ3n) is 1.88. The molecule has 1 unspecified atom stereocenters. The lowest BCUT2D eigenvalue weighted by Crippen LogP contribution is -2.09. The van der Waals surface area contributed by atoms with Gasteiger partial charge in [0.2, 0.25) is 5.89 Å². The van der Waals surface area contributed by atoms with Crippen molar-refractivity contribution in [2.24, 2.45) is 0 Å². The van der Waals surface area contributed by atoms with Crippen LogP contribution in [0, 0.1) is 11.3 Å². The largest absolute Gasteiger partial charge is 0.392 e. The Morgan fingerprint density at radius 2 is 2.24 bits per heavy atom. The minimum Gasteiger partial charge on any atom is -0.392 e. The van der Waals surface area contributed by atoms with E-state index in [0.29, 0.717) is 17.5 Å². The topological polar surface area (TPSA) is 82.9 Å². The van der Waals surface area contributed by atoms with Gasteiger partial charge >= 0.3 is 0 Å². The molecule has 0 spiro atoms. The molecule has 0 fully saturated rings. The molecule has 5 nitrogen and oxygen atoms in total. The van der Waals surface area contributed by atoms with E-state index in [4.69, 9.17) is 9.78 Å². The number of nitrogens with zero attached hydrogens (tertiary/aromatic N) is 3. The quantitative estimate of drug-likeness (QED) is 0.865. The van der Waals surface area contributed by atoms with Gasteiger partial charge in [-0.1, -0.05) is 25.9 Å². The van der Waals surface area contributed by atoms with Gasteiger partial charge in [0.1, 0.15) is 0 Å². The van der Waals surface area contributed by atoms with E-state index in [0.717, 1.165) is 0 Å². The number of aromatic nitrogens is 2. The second-order valence-electron chi connectivity index (χ2n) is 4.73. The van der Waals surface area contributed by atoms with Crippen molar-refractivity contribution in [3.63, 3.8) is 0 Å². The van der Waals surface area contributed by atoms with Gasteiger partial charge in [0.25, 0.3) is 0 Å². The Hall–Kier alpha value is -1.06. The maximum Gasteiger partial charge on any atom is 0.229 e. The first-order chi connectivity index (χ1) is 7.90. The fraction of sp³-hybridized carbons (Fsp3) is 0.727. The van der Waals surface area contributed by atoms with Crippen molar-refractivity contribution in [3.8, 4) is 6.07 Å². The molecule has 1 atom stereocenters. The van der Waals surface area contributed by atoms with Crippen LogP contribution in [0.25, 0.3) is 0 Å². The van der Waals surface area contributed by atoms with E-state index in [1.54, 1.807) is 11.8 Å². The first-order valence-corrected chi connectivity index (χ1v) is 6.39. The van der Waals surface area contributed by atoms with Gasteiger partial charge in [-0.2, -0.15) is 10.2 Å². The summed E-state index contributed by atoms with van der Waals surface area (Å²) in [7, 11) is 0. The molecule has 1 heterocycles. The average molecular weight is 255 g/mol. The van der Waals surface area contributed by atoms with E-state index >= 15 is 0 Å². The minimum absolute atomic E-state index is 0.0778. The number of hydrogen-bond donors (Lipinski definition) is 1. The van der Waals surface area contributed by atoms with Crippen LogP contribution in [0.2, 0.25) is 0 Å². The second-order valence-corrected chi connectivity index (χ2v) is 6.53. The van der Waals surface area contributed by atoms with Crippen LogP contribution < -0.4 is 0 Å². The van der Waals surface area contributed by atoms with Crippen LogP contribution in [0.1, 0.15) is 38.9 Å². The standard InChI is InChI=1S/C11H17N3O2S/c1-11(2,3)17-7-9-13-10(16-14-9)6-8(15)4-5-12/h8,15H,4,6-7H2,1-3H3. The Morgan fingerprint density at radius 3 is 2.82 bits per heavy atom. The van der Waals surface area contributed by atoms with Crippen molar-refractivity contribution in [2.45, 2.75) is 50.2 Å². The predicted octanol–water partition coefficient (Wildman–Crippen LogP) is 1.92. The van der Waals surface area contributed by atoms with Crippen molar-refractivity contribution in [1.29, 1.82) is 5.26 Å². The summed E-state index contributed by atoms with van der Waals surface area (Å²) in [6.07, 6.45) is -0.418. The smallest absolute Gasteiger partial charge is 0.229 e. The van der Waals surface area contributed by atoms with Crippen molar-refractivity contribution < 1.29 is 9.63 Å². The Balaban J connectivity index is 2.46. The SMILES string of the molecule is CC(C)(C)SCc1noc(CC(O)CC#N)n1. The Morgan fingerprint density at radius 1 is 1.53 bits per heavy atom. The van der Waals surface area contributed by atoms with Crippen molar-refractivity contribution in [3.05, 3.63) is 11.7 Å². The zero-order valence-corrected chi connectivity index (χ0v) is 11.1. The molecule has 0 amide bonds. The highest BCUT2D eigenvalue weighted by Crippen LogP contribution is 2.26. The molecule has 6 heteroatoms. The van der Waals surface area contributed by atoms with Gasteiger partial charge in [-0.25, -0.2) is 0 Å². The van der Waals surface area contributed by atoms with Gasteiger partial charge in [-0.05, 0) is 0 Å². The molecule has 0 radical (unpaired) electrons. The third kappa shape index (κ3) is 5.71. The molecular weight excluding hydrogens is 238 g/mol. The predicted molar refractivity (Wildman–Crippen MR) is 65.3 cm³/mol. The van der Waals surface area contributed by atoms with E-state index < -0.39 is 6.10 Å². The molecule has 0 bridgehead atoms. The highest BCUT2D eigenvalue weighted by Gasteiger charge is 2.15. The van der Waals surface area contributed by atoms with E-state index in [-0.39, 0.29) is 17.6 Å². The number of aliphatic hydroxyl groups is 1. The molecule has 0 aliphatic rings. The number of rotatable bonds is 5. The lowest BCUT2D eigenvalue weighted by molar-refractivity contribution is 0.167. The highest BCUT2D eigenvalue weighted by atomic mass is 32.2. The van der Waals surface area contributed by atoms with Gasteiger partial charge < -0.3 is 9.63 Å². The van der Waals surface area contributed by atoms with Crippen LogP contribution in [0.4, 0.5) is 0 Å².